The summed E-state index contributed by atoms with van der Waals surface area (Å²) in [5.74, 6) is 0. The van der Waals surface area contributed by atoms with Gasteiger partial charge in [-0.2, -0.15) is 0 Å². The van der Waals surface area contributed by atoms with E-state index in [1.54, 1.807) is 7.11 Å². The van der Waals surface area contributed by atoms with Gasteiger partial charge in [-0.25, -0.2) is 0 Å². The summed E-state index contributed by atoms with van der Waals surface area (Å²) in [5.41, 5.74) is 0.851. The Labute approximate surface area is 114 Å². The third-order valence-electron chi connectivity index (χ3n) is 3.58. The lowest BCUT2D eigenvalue weighted by Gasteiger charge is -2.35. The van der Waals surface area contributed by atoms with Crippen molar-refractivity contribution < 1.29 is 9.84 Å². The van der Waals surface area contributed by atoms with Crippen molar-refractivity contribution in [1.82, 2.24) is 0 Å². The van der Waals surface area contributed by atoms with Crippen LogP contribution in [0.1, 0.15) is 30.6 Å². The molecular formula is C17H20O2. The fraction of sp³-hybridized carbons (Fsp3) is 0.294. The minimum atomic E-state index is -1.02. The summed E-state index contributed by atoms with van der Waals surface area (Å²) in [4.78, 5) is 0. The molecule has 0 radical (unpaired) electrons. The molecule has 100 valence electrons. The van der Waals surface area contributed by atoms with E-state index < -0.39 is 5.60 Å². The predicted octanol–water partition coefficient (Wildman–Crippen LogP) is 3.67. The highest BCUT2D eigenvalue weighted by Gasteiger charge is 2.38. The van der Waals surface area contributed by atoms with Crippen molar-refractivity contribution in [3.63, 3.8) is 0 Å². The first-order valence-corrected chi connectivity index (χ1v) is 6.58. The van der Waals surface area contributed by atoms with Gasteiger partial charge in [0.25, 0.3) is 0 Å². The molecule has 0 aliphatic carbocycles. The number of aliphatic hydroxyl groups is 1. The second-order valence-electron chi connectivity index (χ2n) is 4.67. The largest absolute Gasteiger partial charge is 0.382 e. The van der Waals surface area contributed by atoms with Crippen LogP contribution in [0.25, 0.3) is 0 Å². The lowest BCUT2D eigenvalue weighted by molar-refractivity contribution is -0.104. The maximum Gasteiger partial charge on any atom is 0.120 e. The Morgan fingerprint density at radius 1 is 1.00 bits per heavy atom. The zero-order valence-electron chi connectivity index (χ0n) is 11.4. The summed E-state index contributed by atoms with van der Waals surface area (Å²) < 4.78 is 5.60. The molecule has 0 saturated heterocycles. The second kappa shape index (κ2) is 6.00. The Balaban J connectivity index is 2.44. The lowest BCUT2D eigenvalue weighted by atomic mass is 9.82. The third kappa shape index (κ3) is 2.70. The van der Waals surface area contributed by atoms with Crippen LogP contribution in [0.2, 0.25) is 0 Å². The summed E-state index contributed by atoms with van der Waals surface area (Å²) in [6.07, 6.45) is 0.214. The monoisotopic (exact) mass is 256 g/mol. The molecule has 2 heteroatoms. The molecule has 0 aliphatic rings. The summed E-state index contributed by atoms with van der Waals surface area (Å²) in [7, 11) is 1.64. The van der Waals surface area contributed by atoms with Crippen LogP contribution in [0.15, 0.2) is 60.7 Å². The van der Waals surface area contributed by atoms with Gasteiger partial charge in [0.15, 0.2) is 0 Å². The molecule has 2 rings (SSSR count). The van der Waals surface area contributed by atoms with Crippen molar-refractivity contribution in [1.29, 1.82) is 0 Å². The Kier molecular flexibility index (Phi) is 4.35. The molecule has 2 unspecified atom stereocenters. The lowest BCUT2D eigenvalue weighted by Crippen LogP contribution is -2.34. The fourth-order valence-corrected chi connectivity index (χ4v) is 2.50. The van der Waals surface area contributed by atoms with Crippen LogP contribution in [0.4, 0.5) is 0 Å². The number of hydrogen-bond acceptors (Lipinski definition) is 2. The van der Waals surface area contributed by atoms with Crippen molar-refractivity contribution in [3.8, 4) is 0 Å². The first-order valence-electron chi connectivity index (χ1n) is 6.58. The molecule has 0 amide bonds. The smallest absolute Gasteiger partial charge is 0.120 e. The molecule has 0 bridgehead atoms. The highest BCUT2D eigenvalue weighted by Crippen LogP contribution is 2.39. The van der Waals surface area contributed by atoms with Crippen LogP contribution in [-0.4, -0.2) is 12.2 Å². The Morgan fingerprint density at radius 2 is 1.53 bits per heavy atom. The van der Waals surface area contributed by atoms with Gasteiger partial charge in [0.05, 0.1) is 0 Å². The molecule has 1 N–H and O–H groups in total. The van der Waals surface area contributed by atoms with E-state index in [2.05, 4.69) is 0 Å². The summed E-state index contributed by atoms with van der Waals surface area (Å²) in [5, 5.41) is 11.1. The van der Waals surface area contributed by atoms with Gasteiger partial charge in [-0.1, -0.05) is 67.6 Å². The average Bonchev–Trinajstić information content (AvgIpc) is 2.49. The Morgan fingerprint density at radius 3 is 2.00 bits per heavy atom. The van der Waals surface area contributed by atoms with Crippen molar-refractivity contribution >= 4 is 0 Å². The average molecular weight is 256 g/mol. The summed E-state index contributed by atoms with van der Waals surface area (Å²) in [6.45, 7) is 1.97. The molecule has 0 fully saturated rings. The van der Waals surface area contributed by atoms with Gasteiger partial charge in [0, 0.05) is 7.11 Å². The van der Waals surface area contributed by atoms with Gasteiger partial charge in [-0.15, -0.1) is 0 Å². The van der Waals surface area contributed by atoms with E-state index in [1.807, 2.05) is 67.6 Å². The second-order valence-corrected chi connectivity index (χ2v) is 4.67. The van der Waals surface area contributed by atoms with Crippen LogP contribution in [0.3, 0.4) is 0 Å². The van der Waals surface area contributed by atoms with Crippen LogP contribution in [0.5, 0.6) is 0 Å². The number of methoxy groups -OCH3 is 1. The van der Waals surface area contributed by atoms with Crippen molar-refractivity contribution in [2.24, 2.45) is 0 Å². The van der Waals surface area contributed by atoms with Gasteiger partial charge in [-0.05, 0) is 17.5 Å². The third-order valence-corrected chi connectivity index (χ3v) is 3.58. The van der Waals surface area contributed by atoms with Crippen molar-refractivity contribution in [3.05, 3.63) is 71.8 Å². The predicted molar refractivity (Wildman–Crippen MR) is 76.8 cm³/mol. The van der Waals surface area contributed by atoms with E-state index in [-0.39, 0.29) is 6.10 Å². The van der Waals surface area contributed by atoms with Crippen molar-refractivity contribution in [2.45, 2.75) is 25.0 Å². The number of ether oxygens (including phenoxy) is 1. The van der Waals surface area contributed by atoms with E-state index in [1.165, 1.54) is 0 Å². The van der Waals surface area contributed by atoms with Gasteiger partial charge in [0.1, 0.15) is 11.7 Å². The Bertz CT molecular complexity index is 495. The fourth-order valence-electron chi connectivity index (χ4n) is 2.50. The van der Waals surface area contributed by atoms with Crippen LogP contribution < -0.4 is 0 Å². The minimum Gasteiger partial charge on any atom is -0.382 e. The molecule has 0 aromatic heterocycles. The zero-order valence-corrected chi connectivity index (χ0v) is 11.4. The van der Waals surface area contributed by atoms with E-state index in [0.29, 0.717) is 6.42 Å². The number of hydrogen-bond donors (Lipinski definition) is 1. The number of benzene rings is 2. The molecule has 0 aliphatic heterocycles. The first kappa shape index (κ1) is 13.8. The standard InChI is InChI=1S/C17H20O2/c1-3-17(18,15-12-8-5-9-13-15)16(19-2)14-10-6-4-7-11-14/h4-13,16,18H,3H2,1-2H3. The van der Waals surface area contributed by atoms with Gasteiger partial charge >= 0.3 is 0 Å². The van der Waals surface area contributed by atoms with Crippen LogP contribution in [-0.2, 0) is 10.3 Å². The first-order chi connectivity index (χ1) is 9.22. The van der Waals surface area contributed by atoms with E-state index in [0.717, 1.165) is 11.1 Å². The summed E-state index contributed by atoms with van der Waals surface area (Å²) in [6, 6.07) is 19.6. The highest BCUT2D eigenvalue weighted by atomic mass is 16.5. The maximum absolute atomic E-state index is 11.1. The molecule has 19 heavy (non-hydrogen) atoms. The maximum atomic E-state index is 11.1. The van der Waals surface area contributed by atoms with Crippen LogP contribution in [0, 0.1) is 0 Å². The molecule has 0 heterocycles. The zero-order chi connectivity index (χ0) is 13.7. The molecule has 2 aromatic rings. The van der Waals surface area contributed by atoms with Gasteiger partial charge < -0.3 is 9.84 Å². The van der Waals surface area contributed by atoms with E-state index in [4.69, 9.17) is 4.74 Å². The number of rotatable bonds is 5. The summed E-state index contributed by atoms with van der Waals surface area (Å²) >= 11 is 0. The van der Waals surface area contributed by atoms with Crippen LogP contribution >= 0.6 is 0 Å². The quantitative estimate of drug-likeness (QED) is 0.884. The van der Waals surface area contributed by atoms with Crippen molar-refractivity contribution in [2.75, 3.05) is 7.11 Å². The molecule has 2 atom stereocenters. The minimum absolute atomic E-state index is 0.374. The molecular weight excluding hydrogens is 236 g/mol. The SMILES string of the molecule is CCC(O)(c1ccccc1)C(OC)c1ccccc1. The molecule has 2 aromatic carbocycles. The highest BCUT2D eigenvalue weighted by molar-refractivity contribution is 5.29. The molecule has 2 nitrogen and oxygen atoms in total. The molecule has 0 saturated carbocycles. The van der Waals surface area contributed by atoms with Gasteiger partial charge in [-0.3, -0.25) is 0 Å². The van der Waals surface area contributed by atoms with Gasteiger partial charge in [0.2, 0.25) is 0 Å². The normalized spacial score (nSPS) is 15.7. The Hall–Kier alpha value is -1.64. The molecule has 0 spiro atoms. The van der Waals surface area contributed by atoms with E-state index in [9.17, 15) is 5.11 Å². The topological polar surface area (TPSA) is 29.5 Å². The van der Waals surface area contributed by atoms with E-state index >= 15 is 0 Å².